The van der Waals surface area contributed by atoms with E-state index < -0.39 is 0 Å². The van der Waals surface area contributed by atoms with Crippen molar-refractivity contribution < 1.29 is 24.6 Å². The molecule has 0 spiro atoms. The van der Waals surface area contributed by atoms with E-state index in [0.29, 0.717) is 5.52 Å². The van der Waals surface area contributed by atoms with Gasteiger partial charge in [-0.1, -0.05) is 78.9 Å². The quantitative estimate of drug-likeness (QED) is 0.465. The minimum Gasteiger partial charge on any atom is -0.506 e. The van der Waals surface area contributed by atoms with Crippen LogP contribution in [-0.2, 0) is 19.5 Å². The number of phenols is 1. The fourth-order valence-corrected chi connectivity index (χ4v) is 2.35. The van der Waals surface area contributed by atoms with Gasteiger partial charge in [0.15, 0.2) is 0 Å². The van der Waals surface area contributed by atoms with Crippen LogP contribution in [0, 0.1) is 0 Å². The van der Waals surface area contributed by atoms with Crippen LogP contribution in [0.25, 0.3) is 22.0 Å². The predicted octanol–water partition coefficient (Wildman–Crippen LogP) is 5.29. The van der Waals surface area contributed by atoms with Gasteiger partial charge in [0.05, 0.1) is 0 Å². The zero-order valence-corrected chi connectivity index (χ0v) is 16.3. The number of nitrogens with zero attached hydrogens (tertiary/aromatic N) is 1. The van der Waals surface area contributed by atoms with Crippen LogP contribution in [0.4, 0.5) is 0 Å². The summed E-state index contributed by atoms with van der Waals surface area (Å²) in [6.07, 6.45) is 1.67. The van der Waals surface area contributed by atoms with Gasteiger partial charge in [0, 0.05) is 31.1 Å². The molecule has 0 bridgehead atoms. The van der Waals surface area contributed by atoms with Crippen molar-refractivity contribution in [1.82, 2.24) is 4.98 Å². The Kier molecular flexibility index (Phi) is 6.66. The van der Waals surface area contributed by atoms with Gasteiger partial charge in [0.25, 0.3) is 0 Å². The summed E-state index contributed by atoms with van der Waals surface area (Å²) >= 11 is 0. The maximum Gasteiger partial charge on any atom is 0.141 e. The molecule has 0 fully saturated rings. The zero-order chi connectivity index (χ0) is 15.9. The number of para-hydroxylation sites is 1. The van der Waals surface area contributed by atoms with Crippen LogP contribution in [0.15, 0.2) is 97.2 Å². The largest absolute Gasteiger partial charge is 0.506 e. The minimum absolute atomic E-state index is 0. The second-order valence-electron chi connectivity index (χ2n) is 5.08. The number of hydrogen-bond donors (Lipinski definition) is 1. The SMILES string of the molecule is Oc1cccc2cccnc12.[Zn].c1ccc(-c2ccccc2)cc1. The van der Waals surface area contributed by atoms with Crippen molar-refractivity contribution in [2.45, 2.75) is 0 Å². The standard InChI is InChI=1S/C12H10.C9H7NO.Zn/c1-3-7-11(8-4-1)12-9-5-2-6-10-12;11-8-5-1-3-7-4-2-6-10-9(7)8;/h1-10H;1-6,11H;. The Balaban J connectivity index is 0.000000167. The van der Waals surface area contributed by atoms with Crippen LogP contribution >= 0.6 is 0 Å². The molecule has 3 aromatic carbocycles. The first kappa shape index (κ1) is 17.8. The van der Waals surface area contributed by atoms with E-state index in [4.69, 9.17) is 0 Å². The van der Waals surface area contributed by atoms with E-state index in [9.17, 15) is 5.11 Å². The van der Waals surface area contributed by atoms with Gasteiger partial charge in [-0.25, -0.2) is 0 Å². The average molecular weight is 365 g/mol. The molecule has 0 amide bonds. The molecular formula is C21H17NOZn. The molecule has 3 heteroatoms. The number of aromatic nitrogens is 1. The molecule has 0 aliphatic carbocycles. The Morgan fingerprint density at radius 2 is 1.12 bits per heavy atom. The number of aromatic hydroxyl groups is 1. The summed E-state index contributed by atoms with van der Waals surface area (Å²) < 4.78 is 0. The third kappa shape index (κ3) is 4.50. The van der Waals surface area contributed by atoms with Gasteiger partial charge in [-0.05, 0) is 23.3 Å². The molecule has 4 rings (SSSR count). The molecule has 1 heterocycles. The van der Waals surface area contributed by atoms with Crippen LogP contribution in [0.3, 0.4) is 0 Å². The first-order valence-electron chi connectivity index (χ1n) is 7.48. The fraction of sp³-hybridized carbons (Fsp3) is 0. The van der Waals surface area contributed by atoms with Crippen LogP contribution in [-0.4, -0.2) is 10.1 Å². The summed E-state index contributed by atoms with van der Waals surface area (Å²) in [6, 6.07) is 29.9. The van der Waals surface area contributed by atoms with E-state index in [0.717, 1.165) is 5.39 Å². The van der Waals surface area contributed by atoms with E-state index in [-0.39, 0.29) is 25.2 Å². The topological polar surface area (TPSA) is 33.1 Å². The molecular weight excluding hydrogens is 348 g/mol. The van der Waals surface area contributed by atoms with Gasteiger partial charge in [-0.2, -0.15) is 0 Å². The number of fused-ring (bicyclic) bond motifs is 1. The van der Waals surface area contributed by atoms with Crippen LogP contribution in [0.5, 0.6) is 5.75 Å². The molecule has 2 nitrogen and oxygen atoms in total. The number of phenolic OH excluding ortho intramolecular Hbond substituents is 1. The first-order chi connectivity index (χ1) is 11.3. The molecule has 0 unspecified atom stereocenters. The maximum atomic E-state index is 9.31. The van der Waals surface area contributed by atoms with Crippen molar-refractivity contribution in [3.05, 3.63) is 97.2 Å². The summed E-state index contributed by atoms with van der Waals surface area (Å²) in [7, 11) is 0. The third-order valence-corrected chi connectivity index (χ3v) is 3.49. The summed E-state index contributed by atoms with van der Waals surface area (Å²) in [5.41, 5.74) is 3.21. The van der Waals surface area contributed by atoms with Gasteiger partial charge in [-0.3, -0.25) is 4.98 Å². The van der Waals surface area contributed by atoms with Gasteiger partial charge in [0.2, 0.25) is 0 Å². The number of pyridine rings is 1. The molecule has 0 atom stereocenters. The molecule has 114 valence electrons. The summed E-state index contributed by atoms with van der Waals surface area (Å²) in [4.78, 5) is 4.03. The molecule has 0 radical (unpaired) electrons. The second kappa shape index (κ2) is 8.95. The van der Waals surface area contributed by atoms with Gasteiger partial charge in [-0.15, -0.1) is 0 Å². The molecule has 0 saturated carbocycles. The molecule has 24 heavy (non-hydrogen) atoms. The molecule has 4 aromatic rings. The second-order valence-corrected chi connectivity index (χ2v) is 5.08. The number of hydrogen-bond acceptors (Lipinski definition) is 2. The molecule has 0 aliphatic heterocycles. The zero-order valence-electron chi connectivity index (χ0n) is 13.3. The average Bonchev–Trinajstić information content (AvgIpc) is 2.64. The Bertz CT molecular complexity index is 837. The smallest absolute Gasteiger partial charge is 0.141 e. The van der Waals surface area contributed by atoms with E-state index in [1.807, 2.05) is 30.3 Å². The van der Waals surface area contributed by atoms with Gasteiger partial charge >= 0.3 is 0 Å². The Hall–Kier alpha value is -2.51. The van der Waals surface area contributed by atoms with E-state index in [1.54, 1.807) is 18.3 Å². The molecule has 1 N–H and O–H groups in total. The van der Waals surface area contributed by atoms with Crippen molar-refractivity contribution in [3.63, 3.8) is 0 Å². The normalized spacial score (nSPS) is 9.50. The Morgan fingerprint density at radius 1 is 0.583 bits per heavy atom. The third-order valence-electron chi connectivity index (χ3n) is 3.49. The Labute approximate surface area is 154 Å². The fourth-order valence-electron chi connectivity index (χ4n) is 2.35. The Morgan fingerprint density at radius 3 is 1.67 bits per heavy atom. The van der Waals surface area contributed by atoms with E-state index in [1.165, 1.54) is 11.1 Å². The van der Waals surface area contributed by atoms with E-state index in [2.05, 4.69) is 53.5 Å². The predicted molar refractivity (Wildman–Crippen MR) is 95.3 cm³/mol. The van der Waals surface area contributed by atoms with Crippen molar-refractivity contribution in [2.24, 2.45) is 0 Å². The summed E-state index contributed by atoms with van der Waals surface area (Å²) in [5, 5.41) is 10.3. The van der Waals surface area contributed by atoms with Gasteiger partial charge < -0.3 is 5.11 Å². The number of rotatable bonds is 1. The summed E-state index contributed by atoms with van der Waals surface area (Å²) in [6.45, 7) is 0. The van der Waals surface area contributed by atoms with E-state index >= 15 is 0 Å². The minimum atomic E-state index is 0. The summed E-state index contributed by atoms with van der Waals surface area (Å²) in [5.74, 6) is 0.239. The first-order valence-corrected chi connectivity index (χ1v) is 7.48. The van der Waals surface area contributed by atoms with Crippen molar-refractivity contribution in [3.8, 4) is 16.9 Å². The van der Waals surface area contributed by atoms with Crippen LogP contribution in [0.2, 0.25) is 0 Å². The maximum absolute atomic E-state index is 9.31. The van der Waals surface area contributed by atoms with Crippen LogP contribution in [0.1, 0.15) is 0 Å². The van der Waals surface area contributed by atoms with Crippen LogP contribution < -0.4 is 0 Å². The van der Waals surface area contributed by atoms with Crippen molar-refractivity contribution in [1.29, 1.82) is 0 Å². The van der Waals surface area contributed by atoms with Crippen molar-refractivity contribution in [2.75, 3.05) is 0 Å². The number of benzene rings is 3. The molecule has 0 aliphatic rings. The molecule has 1 aromatic heterocycles. The van der Waals surface area contributed by atoms with Crippen molar-refractivity contribution >= 4 is 10.9 Å². The monoisotopic (exact) mass is 363 g/mol. The van der Waals surface area contributed by atoms with Gasteiger partial charge in [0.1, 0.15) is 11.3 Å². The molecule has 0 saturated heterocycles.